The van der Waals surface area contributed by atoms with Crippen LogP contribution in [-0.4, -0.2) is 32.7 Å². The van der Waals surface area contributed by atoms with Crippen LogP contribution in [-0.2, 0) is 0 Å². The molecule has 0 bridgehead atoms. The minimum atomic E-state index is -0.504. The molecule has 0 radical (unpaired) electrons. The number of nitrogens with two attached hydrogens (primary N) is 1. The van der Waals surface area contributed by atoms with Crippen molar-refractivity contribution in [2.45, 2.75) is 70.2 Å². The Labute approximate surface area is 187 Å². The smallest absolute Gasteiger partial charge is 0.312 e. The summed E-state index contributed by atoms with van der Waals surface area (Å²) >= 11 is 0. The van der Waals surface area contributed by atoms with E-state index < -0.39 is 6.03 Å². The van der Waals surface area contributed by atoms with Crippen LogP contribution in [0.25, 0.3) is 5.65 Å². The number of carbonyl (C=O) groups excluding carboxylic acids is 1. The molecule has 2 aliphatic rings. The van der Waals surface area contributed by atoms with E-state index in [9.17, 15) is 4.79 Å². The Morgan fingerprint density at radius 2 is 1.78 bits per heavy atom. The van der Waals surface area contributed by atoms with Gasteiger partial charge in [0.1, 0.15) is 11.9 Å². The zero-order valence-corrected chi connectivity index (χ0v) is 18.6. The van der Waals surface area contributed by atoms with E-state index in [1.807, 2.05) is 40.9 Å². The van der Waals surface area contributed by atoms with Crippen LogP contribution in [0.4, 0.5) is 10.7 Å². The second-order valence-electron chi connectivity index (χ2n) is 9.00. The highest BCUT2D eigenvalue weighted by Crippen LogP contribution is 2.39. The number of ether oxygens (including phenoxy) is 1. The highest BCUT2D eigenvalue weighted by Gasteiger charge is 2.30. The number of amides is 2. The summed E-state index contributed by atoms with van der Waals surface area (Å²) in [5, 5.41) is 11.8. The van der Waals surface area contributed by atoms with Crippen molar-refractivity contribution >= 4 is 17.6 Å². The average molecular weight is 435 g/mol. The highest BCUT2D eigenvalue weighted by atomic mass is 16.5. The first-order chi connectivity index (χ1) is 15.5. The van der Waals surface area contributed by atoms with Gasteiger partial charge < -0.3 is 20.7 Å². The summed E-state index contributed by atoms with van der Waals surface area (Å²) in [5.74, 6) is 1.65. The van der Waals surface area contributed by atoms with Gasteiger partial charge in [-0.05, 0) is 69.2 Å². The molecule has 1 fully saturated rings. The van der Waals surface area contributed by atoms with Gasteiger partial charge in [0.25, 0.3) is 0 Å². The van der Waals surface area contributed by atoms with E-state index in [1.165, 1.54) is 6.42 Å². The molecule has 0 unspecified atom stereocenters. The Morgan fingerprint density at radius 1 is 1.03 bits per heavy atom. The predicted molar refractivity (Wildman–Crippen MR) is 123 cm³/mol. The molecule has 1 aliphatic heterocycles. The van der Waals surface area contributed by atoms with Crippen LogP contribution in [0.1, 0.15) is 69.2 Å². The van der Waals surface area contributed by atoms with Crippen LogP contribution in [0.3, 0.4) is 0 Å². The molecule has 0 saturated carbocycles. The molecular formula is C24H30N6O2. The van der Waals surface area contributed by atoms with E-state index in [1.54, 1.807) is 0 Å². The van der Waals surface area contributed by atoms with Crippen molar-refractivity contribution in [3.05, 3.63) is 53.7 Å². The van der Waals surface area contributed by atoms with Gasteiger partial charge in [-0.2, -0.15) is 0 Å². The van der Waals surface area contributed by atoms with E-state index in [0.717, 1.165) is 54.2 Å². The molecule has 5 rings (SSSR count). The van der Waals surface area contributed by atoms with E-state index in [0.29, 0.717) is 12.1 Å². The van der Waals surface area contributed by atoms with Crippen LogP contribution in [0, 0.1) is 0 Å². The molecule has 8 heteroatoms. The number of fused-ring (bicyclic) bond motifs is 2. The third kappa shape index (κ3) is 3.74. The third-order valence-electron chi connectivity index (χ3n) is 6.81. The summed E-state index contributed by atoms with van der Waals surface area (Å²) < 4.78 is 8.51. The van der Waals surface area contributed by atoms with Gasteiger partial charge in [-0.25, -0.2) is 4.79 Å². The quantitative estimate of drug-likeness (QED) is 0.644. The lowest BCUT2D eigenvalue weighted by Crippen LogP contribution is -2.44. The topological polar surface area (TPSA) is 97.8 Å². The van der Waals surface area contributed by atoms with E-state index in [-0.39, 0.29) is 12.1 Å². The molecule has 1 aromatic carbocycles. The van der Waals surface area contributed by atoms with Gasteiger partial charge in [0.05, 0.1) is 12.2 Å². The number of rotatable bonds is 4. The molecule has 4 atom stereocenters. The minimum absolute atomic E-state index is 0.0856. The molecule has 3 aromatic rings. The largest absolute Gasteiger partial charge is 0.484 e. The van der Waals surface area contributed by atoms with Gasteiger partial charge in [-0.1, -0.05) is 24.3 Å². The third-order valence-corrected chi connectivity index (χ3v) is 6.81. The summed E-state index contributed by atoms with van der Waals surface area (Å²) in [6.07, 6.45) is 7.03. The van der Waals surface area contributed by atoms with Gasteiger partial charge in [0.15, 0.2) is 5.65 Å². The molecule has 0 spiro atoms. The number of nitrogens with zero attached hydrogens (tertiary/aromatic N) is 4. The van der Waals surface area contributed by atoms with Crippen LogP contribution in [0.5, 0.6) is 5.75 Å². The average Bonchev–Trinajstić information content (AvgIpc) is 3.18. The lowest BCUT2D eigenvalue weighted by Gasteiger charge is -2.39. The lowest BCUT2D eigenvalue weighted by molar-refractivity contribution is 0.171. The Kier molecular flexibility index (Phi) is 5.36. The molecule has 32 heavy (non-hydrogen) atoms. The number of nitrogens with one attached hydrogen (secondary N) is 1. The fourth-order valence-electron chi connectivity index (χ4n) is 5.28. The van der Waals surface area contributed by atoms with Crippen molar-refractivity contribution < 1.29 is 9.53 Å². The maximum Gasteiger partial charge on any atom is 0.312 e. The van der Waals surface area contributed by atoms with Gasteiger partial charge >= 0.3 is 6.03 Å². The molecule has 1 aliphatic carbocycles. The van der Waals surface area contributed by atoms with Gasteiger partial charge in [-0.15, -0.1) is 10.2 Å². The van der Waals surface area contributed by atoms with Crippen molar-refractivity contribution in [1.82, 2.24) is 19.9 Å². The number of carbonyl (C=O) groups is 1. The number of anilines is 1. The Bertz CT molecular complexity index is 1120. The van der Waals surface area contributed by atoms with Crippen molar-refractivity contribution in [1.29, 1.82) is 0 Å². The molecule has 3 N–H and O–H groups in total. The first-order valence-corrected chi connectivity index (χ1v) is 11.5. The molecule has 3 heterocycles. The highest BCUT2D eigenvalue weighted by molar-refractivity contribution is 5.72. The second kappa shape index (κ2) is 8.33. The molecule has 2 aromatic heterocycles. The zero-order chi connectivity index (χ0) is 22.2. The summed E-state index contributed by atoms with van der Waals surface area (Å²) in [6, 6.07) is 12.3. The number of hydrogen-bond acceptors (Lipinski definition) is 5. The van der Waals surface area contributed by atoms with Gasteiger partial charge in [0.2, 0.25) is 5.95 Å². The number of aromatic nitrogens is 3. The standard InChI is InChI=1S/C24H30N6O2/c1-15-6-5-7-16(2)30(15)24-28-27-22-13-10-17(14-29(22)24)32-21-12-11-20(26-23(25)31)18-8-3-4-9-19(18)21/h3-4,8-10,13-16,20-21H,5-7,11-12H2,1-2H3,(H3,25,26,31)/t15-,16+,20-,21+/m0/s1. The SMILES string of the molecule is C[C@@H]1CCC[C@H](C)N1c1nnc2ccc(O[C@@H]3CC[C@H](NC(N)=O)c4ccccc43)cn12. The molecule has 2 amide bonds. The summed E-state index contributed by atoms with van der Waals surface area (Å²) in [5.41, 5.74) is 8.33. The van der Waals surface area contributed by atoms with Crippen molar-refractivity contribution in [2.24, 2.45) is 5.73 Å². The fraction of sp³-hybridized carbons (Fsp3) is 0.458. The van der Waals surface area contributed by atoms with Gasteiger partial charge in [-0.3, -0.25) is 4.40 Å². The molecule has 8 nitrogen and oxygen atoms in total. The predicted octanol–water partition coefficient (Wildman–Crippen LogP) is 4.12. The van der Waals surface area contributed by atoms with Crippen LogP contribution >= 0.6 is 0 Å². The first kappa shape index (κ1) is 20.6. The van der Waals surface area contributed by atoms with Crippen molar-refractivity contribution in [3.8, 4) is 5.75 Å². The second-order valence-corrected chi connectivity index (χ2v) is 9.00. The number of piperidine rings is 1. The number of hydrogen-bond donors (Lipinski definition) is 2. The fourth-order valence-corrected chi connectivity index (χ4v) is 5.28. The maximum atomic E-state index is 11.4. The summed E-state index contributed by atoms with van der Waals surface area (Å²) in [4.78, 5) is 13.8. The molecular weight excluding hydrogens is 404 g/mol. The first-order valence-electron chi connectivity index (χ1n) is 11.5. The van der Waals surface area contributed by atoms with Crippen LogP contribution in [0.2, 0.25) is 0 Å². The molecule has 1 saturated heterocycles. The maximum absolute atomic E-state index is 11.4. The molecule has 168 valence electrons. The Balaban J connectivity index is 1.44. The summed E-state index contributed by atoms with van der Waals surface area (Å²) in [7, 11) is 0. The van der Waals surface area contributed by atoms with Crippen molar-refractivity contribution in [2.75, 3.05) is 4.90 Å². The number of urea groups is 1. The van der Waals surface area contributed by atoms with Crippen molar-refractivity contribution in [3.63, 3.8) is 0 Å². The Hall–Kier alpha value is -3.29. The van der Waals surface area contributed by atoms with E-state index in [2.05, 4.69) is 40.3 Å². The van der Waals surface area contributed by atoms with E-state index in [4.69, 9.17) is 10.5 Å². The van der Waals surface area contributed by atoms with Crippen LogP contribution in [0.15, 0.2) is 42.6 Å². The number of benzene rings is 1. The van der Waals surface area contributed by atoms with Gasteiger partial charge in [0, 0.05) is 12.1 Å². The van der Waals surface area contributed by atoms with E-state index >= 15 is 0 Å². The minimum Gasteiger partial charge on any atom is -0.484 e. The zero-order valence-electron chi connectivity index (χ0n) is 18.6. The number of pyridine rings is 1. The van der Waals surface area contributed by atoms with Crippen LogP contribution < -0.4 is 20.7 Å². The summed E-state index contributed by atoms with van der Waals surface area (Å²) in [6.45, 7) is 4.51. The monoisotopic (exact) mass is 434 g/mol. The Morgan fingerprint density at radius 3 is 2.53 bits per heavy atom. The number of primary amides is 1. The normalized spacial score (nSPS) is 25.4. The lowest BCUT2D eigenvalue weighted by atomic mass is 9.85.